The Morgan fingerprint density at radius 3 is 2.31 bits per heavy atom. The topological polar surface area (TPSA) is 123 Å². The number of H-pyrrole nitrogens is 1. The summed E-state index contributed by atoms with van der Waals surface area (Å²) in [4.78, 5) is 57.2. The maximum atomic E-state index is 15.1. The lowest BCUT2D eigenvalue weighted by Crippen LogP contribution is -2.43. The standard InChI is InChI=1S/C25H31FN4O5/c1-35-24(33)15-6-2-13(3-7-15)19-18(26)12-27-21-20(19)23(32)30(25(34)29-21)17-10-8-16(9-11-17)28-22(31)14-4-5-14/h12-17H,2-11H2,1H3,(H,28,31)(H,27,29,34)/t13-,15-,16-,17+. The van der Waals surface area contributed by atoms with Gasteiger partial charge in [0.15, 0.2) is 0 Å². The predicted molar refractivity (Wildman–Crippen MR) is 125 cm³/mol. The number of hydrogen-bond acceptors (Lipinski definition) is 6. The number of nitrogens with one attached hydrogen (secondary N) is 2. The fourth-order valence-corrected chi connectivity index (χ4v) is 5.85. The number of fused-ring (bicyclic) bond motifs is 1. The fraction of sp³-hybridized carbons (Fsp3) is 0.640. The molecule has 2 heterocycles. The fourth-order valence-electron chi connectivity index (χ4n) is 5.85. The number of hydrogen-bond donors (Lipinski definition) is 2. The van der Waals surface area contributed by atoms with Crippen molar-refractivity contribution in [2.45, 2.75) is 82.2 Å². The van der Waals surface area contributed by atoms with E-state index in [1.165, 1.54) is 11.7 Å². The van der Waals surface area contributed by atoms with E-state index in [4.69, 9.17) is 4.74 Å². The smallest absolute Gasteiger partial charge is 0.330 e. The monoisotopic (exact) mass is 486 g/mol. The SMILES string of the molecule is COC(=O)[C@H]1CC[C@H](c2c(F)cnc3[nH]c(=O)n([C@H]4CC[C@@H](NC(=O)C5CC5)CC4)c(=O)c32)CC1. The van der Waals surface area contributed by atoms with Crippen LogP contribution in [0.2, 0.25) is 0 Å². The van der Waals surface area contributed by atoms with Crippen LogP contribution in [0, 0.1) is 17.7 Å². The van der Waals surface area contributed by atoms with Gasteiger partial charge in [-0.15, -0.1) is 0 Å². The number of rotatable bonds is 5. The number of halogens is 1. The highest BCUT2D eigenvalue weighted by molar-refractivity contribution is 5.81. The average Bonchev–Trinajstić information content (AvgIpc) is 3.71. The normalized spacial score (nSPS) is 26.9. The van der Waals surface area contributed by atoms with Gasteiger partial charge in [-0.2, -0.15) is 0 Å². The Morgan fingerprint density at radius 1 is 1.03 bits per heavy atom. The highest BCUT2D eigenvalue weighted by atomic mass is 19.1. The zero-order chi connectivity index (χ0) is 24.7. The van der Waals surface area contributed by atoms with Gasteiger partial charge in [-0.25, -0.2) is 14.2 Å². The maximum absolute atomic E-state index is 15.1. The molecule has 3 aliphatic rings. The number of amides is 1. The van der Waals surface area contributed by atoms with Crippen LogP contribution in [0.5, 0.6) is 0 Å². The van der Waals surface area contributed by atoms with Crippen molar-refractivity contribution in [2.24, 2.45) is 11.8 Å². The summed E-state index contributed by atoms with van der Waals surface area (Å²) in [5, 5.41) is 3.20. The number of ether oxygens (including phenoxy) is 1. The van der Waals surface area contributed by atoms with Gasteiger partial charge in [0.05, 0.1) is 24.6 Å². The van der Waals surface area contributed by atoms with Gasteiger partial charge >= 0.3 is 11.7 Å². The molecule has 2 N–H and O–H groups in total. The van der Waals surface area contributed by atoms with Crippen LogP contribution in [-0.4, -0.2) is 39.6 Å². The second-order valence-corrected chi connectivity index (χ2v) is 10.2. The van der Waals surface area contributed by atoms with Gasteiger partial charge in [-0.1, -0.05) is 0 Å². The van der Waals surface area contributed by atoms with Gasteiger partial charge in [-0.05, 0) is 70.1 Å². The van der Waals surface area contributed by atoms with Crippen molar-refractivity contribution in [3.63, 3.8) is 0 Å². The van der Waals surface area contributed by atoms with E-state index in [1.807, 2.05) is 0 Å². The van der Waals surface area contributed by atoms with Crippen molar-refractivity contribution in [2.75, 3.05) is 7.11 Å². The van der Waals surface area contributed by atoms with Gasteiger partial charge in [0, 0.05) is 23.6 Å². The van der Waals surface area contributed by atoms with Crippen LogP contribution in [-0.2, 0) is 14.3 Å². The highest BCUT2D eigenvalue weighted by Crippen LogP contribution is 2.39. The molecule has 5 rings (SSSR count). The molecule has 3 saturated carbocycles. The van der Waals surface area contributed by atoms with E-state index in [9.17, 15) is 19.2 Å². The Kier molecular flexibility index (Phi) is 6.46. The molecule has 0 aliphatic heterocycles. The van der Waals surface area contributed by atoms with Crippen molar-refractivity contribution in [3.05, 3.63) is 38.4 Å². The first-order valence-corrected chi connectivity index (χ1v) is 12.6. The molecule has 10 heteroatoms. The molecule has 1 amide bonds. The van der Waals surface area contributed by atoms with Crippen LogP contribution >= 0.6 is 0 Å². The molecule has 3 fully saturated rings. The zero-order valence-corrected chi connectivity index (χ0v) is 19.8. The molecule has 0 saturated heterocycles. The second kappa shape index (κ2) is 9.54. The van der Waals surface area contributed by atoms with E-state index in [0.29, 0.717) is 51.4 Å². The van der Waals surface area contributed by atoms with Crippen molar-refractivity contribution < 1.29 is 18.7 Å². The number of carbonyl (C=O) groups is 2. The molecular formula is C25H31FN4O5. The molecule has 3 aliphatic carbocycles. The maximum Gasteiger partial charge on any atom is 0.330 e. The molecule has 188 valence electrons. The summed E-state index contributed by atoms with van der Waals surface area (Å²) >= 11 is 0. The Labute approximate surface area is 201 Å². The lowest BCUT2D eigenvalue weighted by molar-refractivity contribution is -0.146. The lowest BCUT2D eigenvalue weighted by Gasteiger charge is -2.30. The first-order valence-electron chi connectivity index (χ1n) is 12.6. The third-order valence-electron chi connectivity index (χ3n) is 7.97. The number of aromatic amines is 1. The number of aromatic nitrogens is 3. The van der Waals surface area contributed by atoms with Crippen molar-refractivity contribution in [3.8, 4) is 0 Å². The van der Waals surface area contributed by atoms with Crippen LogP contribution in [0.15, 0.2) is 15.8 Å². The molecule has 0 aromatic carbocycles. The summed E-state index contributed by atoms with van der Waals surface area (Å²) in [6, 6.07) is -0.273. The van der Waals surface area contributed by atoms with Gasteiger partial charge in [0.1, 0.15) is 11.5 Å². The molecule has 35 heavy (non-hydrogen) atoms. The number of methoxy groups -OCH3 is 1. The summed E-state index contributed by atoms with van der Waals surface area (Å²) in [6.45, 7) is 0. The molecule has 2 aromatic rings. The summed E-state index contributed by atoms with van der Waals surface area (Å²) in [7, 11) is 1.36. The second-order valence-electron chi connectivity index (χ2n) is 10.2. The first kappa shape index (κ1) is 23.7. The van der Waals surface area contributed by atoms with Crippen LogP contribution in [0.1, 0.15) is 81.7 Å². The Morgan fingerprint density at radius 2 is 1.69 bits per heavy atom. The molecular weight excluding hydrogens is 455 g/mol. The predicted octanol–water partition coefficient (Wildman–Crippen LogP) is 2.68. The van der Waals surface area contributed by atoms with Crippen LogP contribution < -0.4 is 16.6 Å². The molecule has 0 unspecified atom stereocenters. The minimum atomic E-state index is -0.568. The minimum Gasteiger partial charge on any atom is -0.469 e. The molecule has 0 bridgehead atoms. The number of nitrogens with zero attached hydrogens (tertiary/aromatic N) is 2. The average molecular weight is 487 g/mol. The van der Waals surface area contributed by atoms with Gasteiger partial charge < -0.3 is 10.1 Å². The first-order chi connectivity index (χ1) is 16.9. The van der Waals surface area contributed by atoms with Crippen LogP contribution in [0.4, 0.5) is 4.39 Å². The molecule has 0 atom stereocenters. The van der Waals surface area contributed by atoms with E-state index in [2.05, 4.69) is 15.3 Å². The lowest BCUT2D eigenvalue weighted by atomic mass is 9.78. The van der Waals surface area contributed by atoms with E-state index >= 15 is 4.39 Å². The quantitative estimate of drug-likeness (QED) is 0.627. The largest absolute Gasteiger partial charge is 0.469 e. The van der Waals surface area contributed by atoms with E-state index in [-0.39, 0.29) is 58.3 Å². The van der Waals surface area contributed by atoms with Crippen molar-refractivity contribution in [1.82, 2.24) is 19.9 Å². The minimum absolute atomic E-state index is 0.0502. The van der Waals surface area contributed by atoms with E-state index < -0.39 is 17.1 Å². The van der Waals surface area contributed by atoms with Gasteiger partial charge in [0.25, 0.3) is 5.56 Å². The van der Waals surface area contributed by atoms with Crippen LogP contribution in [0.25, 0.3) is 11.0 Å². The third kappa shape index (κ3) is 4.62. The number of pyridine rings is 1. The number of carbonyl (C=O) groups excluding carboxylic acids is 2. The van der Waals surface area contributed by atoms with Crippen molar-refractivity contribution >= 4 is 22.9 Å². The van der Waals surface area contributed by atoms with Gasteiger partial charge in [-0.3, -0.25) is 23.9 Å². The molecule has 0 spiro atoms. The summed E-state index contributed by atoms with van der Waals surface area (Å²) in [6.07, 6.45) is 7.64. The van der Waals surface area contributed by atoms with E-state index in [1.54, 1.807) is 0 Å². The Balaban J connectivity index is 1.41. The summed E-state index contributed by atoms with van der Waals surface area (Å²) in [5.41, 5.74) is -0.703. The Bertz CT molecular complexity index is 1250. The van der Waals surface area contributed by atoms with Crippen molar-refractivity contribution in [1.29, 1.82) is 0 Å². The third-order valence-corrected chi connectivity index (χ3v) is 7.97. The van der Waals surface area contributed by atoms with Gasteiger partial charge in [0.2, 0.25) is 5.91 Å². The Hall–Kier alpha value is -3.04. The molecule has 9 nitrogen and oxygen atoms in total. The van der Waals surface area contributed by atoms with Crippen LogP contribution in [0.3, 0.4) is 0 Å². The highest BCUT2D eigenvalue weighted by Gasteiger charge is 2.34. The summed E-state index contributed by atoms with van der Waals surface area (Å²) < 4.78 is 21.1. The molecule has 0 radical (unpaired) electrons. The summed E-state index contributed by atoms with van der Waals surface area (Å²) in [5.74, 6) is -1.06. The zero-order valence-electron chi connectivity index (χ0n) is 19.8. The number of esters is 1. The molecule has 2 aromatic heterocycles. The van der Waals surface area contributed by atoms with E-state index in [0.717, 1.165) is 19.0 Å².